The van der Waals surface area contributed by atoms with Crippen LogP contribution >= 0.6 is 34.8 Å². The summed E-state index contributed by atoms with van der Waals surface area (Å²) in [6.45, 7) is 6.22. The van der Waals surface area contributed by atoms with Crippen LogP contribution < -0.4 is 10.6 Å². The van der Waals surface area contributed by atoms with E-state index in [1.54, 1.807) is 0 Å². The van der Waals surface area contributed by atoms with Crippen molar-refractivity contribution in [3.05, 3.63) is 56.0 Å². The van der Waals surface area contributed by atoms with Gasteiger partial charge in [-0.15, -0.1) is 0 Å². The van der Waals surface area contributed by atoms with Gasteiger partial charge in [-0.25, -0.2) is 0 Å². The molecule has 4 nitrogen and oxygen atoms in total. The molecule has 0 bridgehead atoms. The highest BCUT2D eigenvalue weighted by Gasteiger charge is 2.21. The number of carbonyl (C=O) groups is 1. The number of carbonyl (C=O) groups excluding carboxylic acids is 1. The normalized spacial score (nSPS) is 15.9. The van der Waals surface area contributed by atoms with Gasteiger partial charge in [0.25, 0.3) is 5.91 Å². The molecule has 0 unspecified atom stereocenters. The zero-order valence-electron chi connectivity index (χ0n) is 13.0. The molecule has 6 heteroatoms. The first-order chi connectivity index (χ1) is 10.9. The van der Waals surface area contributed by atoms with E-state index in [2.05, 4.69) is 82.8 Å². The number of halogens is 1. The molecule has 1 aliphatic rings. The van der Waals surface area contributed by atoms with E-state index >= 15 is 0 Å². The van der Waals surface area contributed by atoms with Crippen LogP contribution in [0.25, 0.3) is 11.8 Å². The van der Waals surface area contributed by atoms with E-state index < -0.39 is 0 Å². The molecule has 2 heterocycles. The second kappa shape index (κ2) is 6.09. The molecule has 2 aromatic rings. The van der Waals surface area contributed by atoms with Gasteiger partial charge in [-0.3, -0.25) is 10.1 Å². The maximum atomic E-state index is 11.8. The first kappa shape index (κ1) is 16.2. The number of hydrogen-bond donors (Lipinski definition) is 2. The van der Waals surface area contributed by atoms with Crippen LogP contribution in [0.2, 0.25) is 0 Å². The summed E-state index contributed by atoms with van der Waals surface area (Å²) in [4.78, 5) is 11.8. The van der Waals surface area contributed by atoms with Gasteiger partial charge in [0.2, 0.25) is 0 Å². The van der Waals surface area contributed by atoms with Crippen LogP contribution in [0, 0.1) is 24.3 Å². The molecule has 3 rings (SSSR count). The van der Waals surface area contributed by atoms with Gasteiger partial charge in [0.05, 0.1) is 0 Å². The van der Waals surface area contributed by atoms with E-state index in [9.17, 15) is 4.79 Å². The third kappa shape index (κ3) is 3.05. The lowest BCUT2D eigenvalue weighted by Crippen LogP contribution is -2.21. The smallest absolute Gasteiger partial charge is 0.273 e. The Labute approximate surface area is 154 Å². The highest BCUT2D eigenvalue weighted by Crippen LogP contribution is 2.25. The molecule has 1 saturated heterocycles. The number of amides is 1. The van der Waals surface area contributed by atoms with Gasteiger partial charge in [-0.1, -0.05) is 6.07 Å². The molecule has 0 saturated carbocycles. The van der Waals surface area contributed by atoms with Crippen LogP contribution in [0.1, 0.15) is 22.5 Å². The van der Waals surface area contributed by atoms with Gasteiger partial charge in [-0.2, -0.15) is 0 Å². The maximum absolute atomic E-state index is 11.8. The summed E-state index contributed by atoms with van der Waals surface area (Å²) in [5.41, 5.74) is 6.07. The molecule has 0 radical (unpaired) electrons. The minimum absolute atomic E-state index is 0.190. The molecular weight excluding hydrogens is 421 g/mol. The van der Waals surface area contributed by atoms with Crippen molar-refractivity contribution in [1.82, 2.24) is 15.2 Å². The lowest BCUT2D eigenvalue weighted by atomic mass is 10.2. The number of thiocarbonyl (C=S) groups is 1. The van der Waals surface area contributed by atoms with Crippen molar-refractivity contribution in [1.29, 1.82) is 0 Å². The number of benzene rings is 1. The molecule has 2 N–H and O–H groups in total. The Morgan fingerprint density at radius 3 is 2.52 bits per heavy atom. The highest BCUT2D eigenvalue weighted by molar-refractivity contribution is 14.1. The summed E-state index contributed by atoms with van der Waals surface area (Å²) >= 11 is 7.32. The Morgan fingerprint density at radius 2 is 1.91 bits per heavy atom. The third-order valence-corrected chi connectivity index (χ3v) is 5.27. The average Bonchev–Trinajstić information content (AvgIpc) is 2.93. The van der Waals surface area contributed by atoms with E-state index in [0.29, 0.717) is 10.8 Å². The molecule has 0 aliphatic carbocycles. The van der Waals surface area contributed by atoms with Crippen LogP contribution in [-0.2, 0) is 4.79 Å². The zero-order chi connectivity index (χ0) is 16.7. The molecule has 23 heavy (non-hydrogen) atoms. The summed E-state index contributed by atoms with van der Waals surface area (Å²) < 4.78 is 3.42. The van der Waals surface area contributed by atoms with Crippen molar-refractivity contribution in [3.63, 3.8) is 0 Å². The Hall–Kier alpha value is -1.67. The van der Waals surface area contributed by atoms with Gasteiger partial charge < -0.3 is 9.88 Å². The van der Waals surface area contributed by atoms with Crippen molar-refractivity contribution in [3.8, 4) is 5.69 Å². The first-order valence-electron chi connectivity index (χ1n) is 7.16. The van der Waals surface area contributed by atoms with Crippen LogP contribution in [0.4, 0.5) is 0 Å². The molecule has 1 aromatic carbocycles. The second-order valence-electron chi connectivity index (χ2n) is 5.56. The fourth-order valence-electron chi connectivity index (χ4n) is 2.69. The lowest BCUT2D eigenvalue weighted by molar-refractivity contribution is -0.115. The molecule has 0 spiro atoms. The minimum atomic E-state index is -0.190. The van der Waals surface area contributed by atoms with E-state index in [1.165, 1.54) is 9.13 Å². The lowest BCUT2D eigenvalue weighted by Gasteiger charge is -2.11. The molecular formula is C17H16IN3OS. The van der Waals surface area contributed by atoms with Crippen molar-refractivity contribution in [2.45, 2.75) is 20.8 Å². The van der Waals surface area contributed by atoms with Crippen LogP contribution in [0.15, 0.2) is 30.0 Å². The number of nitrogens with zero attached hydrogens (tertiary/aromatic N) is 1. The quantitative estimate of drug-likeness (QED) is 0.431. The molecule has 0 atom stereocenters. The van der Waals surface area contributed by atoms with Gasteiger partial charge >= 0.3 is 0 Å². The summed E-state index contributed by atoms with van der Waals surface area (Å²) in [6, 6.07) is 8.48. The van der Waals surface area contributed by atoms with Crippen LogP contribution in [-0.4, -0.2) is 15.6 Å². The molecule has 1 amide bonds. The number of aromatic nitrogens is 1. The first-order valence-corrected chi connectivity index (χ1v) is 8.65. The second-order valence-corrected chi connectivity index (χ2v) is 7.13. The fraction of sp³-hybridized carbons (Fsp3) is 0.176. The summed E-state index contributed by atoms with van der Waals surface area (Å²) in [6.07, 6.45) is 1.84. The van der Waals surface area contributed by atoms with E-state index in [0.717, 1.165) is 22.6 Å². The van der Waals surface area contributed by atoms with Gasteiger partial charge in [0, 0.05) is 20.6 Å². The average molecular weight is 437 g/mol. The predicted octanol–water partition coefficient (Wildman–Crippen LogP) is 3.35. The predicted molar refractivity (Wildman–Crippen MR) is 105 cm³/mol. The summed E-state index contributed by atoms with van der Waals surface area (Å²) in [5, 5.41) is 5.81. The van der Waals surface area contributed by atoms with Crippen molar-refractivity contribution in [2.75, 3.05) is 0 Å². The van der Waals surface area contributed by atoms with Crippen molar-refractivity contribution in [2.24, 2.45) is 0 Å². The number of hydrogen-bond acceptors (Lipinski definition) is 2. The largest absolute Gasteiger partial charge is 0.328 e. The Kier molecular flexibility index (Phi) is 4.29. The Bertz CT molecular complexity index is 867. The number of nitrogens with one attached hydrogen (secondary N) is 2. The topological polar surface area (TPSA) is 46.1 Å². The van der Waals surface area contributed by atoms with Crippen molar-refractivity contribution >= 4 is 51.9 Å². The number of rotatable bonds is 2. The van der Waals surface area contributed by atoms with Crippen LogP contribution in [0.5, 0.6) is 0 Å². The standard InChI is InChI=1S/C17H16IN3OS/c1-9-4-5-13(8-14(9)18)21-10(2)6-12(11(21)3)7-15-16(22)20-17(23)19-15/h4-8H,1-3H3,(H2,19,20,22,23)/b15-7+. The van der Waals surface area contributed by atoms with Crippen LogP contribution in [0.3, 0.4) is 0 Å². The van der Waals surface area contributed by atoms with E-state index in [4.69, 9.17) is 12.2 Å². The molecule has 1 aliphatic heterocycles. The fourth-order valence-corrected chi connectivity index (χ4v) is 3.39. The Balaban J connectivity index is 2.06. The van der Waals surface area contributed by atoms with Crippen molar-refractivity contribution < 1.29 is 4.79 Å². The molecule has 118 valence electrons. The summed E-state index contributed by atoms with van der Waals surface area (Å²) in [7, 11) is 0. The Morgan fingerprint density at radius 1 is 1.17 bits per heavy atom. The van der Waals surface area contributed by atoms with Gasteiger partial charge in [0.1, 0.15) is 5.70 Å². The van der Waals surface area contributed by atoms with Gasteiger partial charge in [0.15, 0.2) is 5.11 Å². The third-order valence-electron chi connectivity index (χ3n) is 3.90. The SMILES string of the molecule is Cc1ccc(-n2c(C)cc(/C=C3/NC(=S)NC3=O)c2C)cc1I. The van der Waals surface area contributed by atoms with E-state index in [-0.39, 0.29) is 5.91 Å². The minimum Gasteiger partial charge on any atom is -0.328 e. The highest BCUT2D eigenvalue weighted by atomic mass is 127. The number of aryl methyl sites for hydroxylation is 2. The monoisotopic (exact) mass is 437 g/mol. The maximum Gasteiger partial charge on any atom is 0.273 e. The zero-order valence-corrected chi connectivity index (χ0v) is 16.0. The molecule has 1 aromatic heterocycles. The molecule has 1 fully saturated rings. The summed E-state index contributed by atoms with van der Waals surface area (Å²) in [5.74, 6) is -0.190. The van der Waals surface area contributed by atoms with E-state index in [1.807, 2.05) is 6.08 Å². The van der Waals surface area contributed by atoms with Gasteiger partial charge in [-0.05, 0) is 91.0 Å².